The normalized spacial score (nSPS) is 16.6. The van der Waals surface area contributed by atoms with Crippen molar-refractivity contribution in [3.05, 3.63) is 88.0 Å². The average Bonchev–Trinajstić information content (AvgIpc) is 3.37. The fourth-order valence-electron chi connectivity index (χ4n) is 5.43. The highest BCUT2D eigenvalue weighted by molar-refractivity contribution is 5.91. The molecule has 5 nitrogen and oxygen atoms in total. The predicted octanol–water partition coefficient (Wildman–Crippen LogP) is 4.85. The van der Waals surface area contributed by atoms with Gasteiger partial charge in [-0.25, -0.2) is 4.98 Å². The number of carbonyl (C=O) groups is 1. The molecule has 1 amide bonds. The molecule has 3 aromatic rings. The quantitative estimate of drug-likeness (QED) is 0.580. The fraction of sp³-hybridized carbons (Fsp3) is 0.407. The Bertz CT molecular complexity index is 1060. The Morgan fingerprint density at radius 1 is 0.969 bits per heavy atom. The number of aromatic nitrogens is 2. The number of aryl methyl sites for hydroxylation is 5. The molecule has 1 saturated heterocycles. The second-order valence-electron chi connectivity index (χ2n) is 9.21. The number of carbonyl (C=O) groups excluding carboxylic acids is 1. The van der Waals surface area contributed by atoms with E-state index in [4.69, 9.17) is 4.74 Å². The third kappa shape index (κ3) is 3.75. The summed E-state index contributed by atoms with van der Waals surface area (Å²) < 4.78 is 8.31. The Morgan fingerprint density at radius 3 is 1.94 bits per heavy atom. The summed E-state index contributed by atoms with van der Waals surface area (Å²) in [4.78, 5) is 19.9. The third-order valence-corrected chi connectivity index (χ3v) is 6.62. The summed E-state index contributed by atoms with van der Waals surface area (Å²) in [5.41, 5.74) is 6.15. The van der Waals surface area contributed by atoms with E-state index in [9.17, 15) is 4.79 Å². The van der Waals surface area contributed by atoms with Gasteiger partial charge in [-0.05, 0) is 51.7 Å². The van der Waals surface area contributed by atoms with Crippen molar-refractivity contribution >= 4 is 5.91 Å². The Labute approximate surface area is 191 Å². The first-order valence-corrected chi connectivity index (χ1v) is 11.3. The lowest BCUT2D eigenvalue weighted by molar-refractivity contribution is -0.0365. The molecular weight excluding hydrogens is 398 g/mol. The summed E-state index contributed by atoms with van der Waals surface area (Å²) in [7, 11) is 3.64. The number of amides is 1. The van der Waals surface area contributed by atoms with Gasteiger partial charge in [0.2, 0.25) is 0 Å². The minimum absolute atomic E-state index is 0.0461. The molecule has 5 heteroatoms. The maximum absolute atomic E-state index is 13.6. The van der Waals surface area contributed by atoms with Crippen LogP contribution in [0, 0.1) is 27.7 Å². The Balaban J connectivity index is 1.94. The minimum atomic E-state index is -0.773. The van der Waals surface area contributed by atoms with Gasteiger partial charge >= 0.3 is 0 Å². The first-order valence-electron chi connectivity index (χ1n) is 11.3. The van der Waals surface area contributed by atoms with Crippen LogP contribution in [0.15, 0.2) is 48.8 Å². The largest absolute Gasteiger partial charge is 0.367 e. The molecule has 0 aliphatic carbocycles. The van der Waals surface area contributed by atoms with Gasteiger partial charge in [0.15, 0.2) is 5.82 Å². The topological polar surface area (TPSA) is 47.4 Å². The van der Waals surface area contributed by atoms with Gasteiger partial charge in [0.05, 0.1) is 6.04 Å². The van der Waals surface area contributed by atoms with Crippen molar-refractivity contribution < 1.29 is 9.53 Å². The first kappa shape index (κ1) is 22.3. The fourth-order valence-corrected chi connectivity index (χ4v) is 5.43. The van der Waals surface area contributed by atoms with Crippen LogP contribution in [0.4, 0.5) is 0 Å². The van der Waals surface area contributed by atoms with Crippen molar-refractivity contribution in [2.24, 2.45) is 7.05 Å². The average molecular weight is 432 g/mol. The van der Waals surface area contributed by atoms with Crippen LogP contribution in [0.5, 0.6) is 0 Å². The highest BCUT2D eigenvalue weighted by atomic mass is 16.5. The summed E-state index contributed by atoms with van der Waals surface area (Å²) >= 11 is 0. The van der Waals surface area contributed by atoms with Gasteiger partial charge in [0.25, 0.3) is 5.91 Å². The molecule has 1 aliphatic heterocycles. The van der Waals surface area contributed by atoms with E-state index in [1.165, 1.54) is 22.3 Å². The predicted molar refractivity (Wildman–Crippen MR) is 127 cm³/mol. The van der Waals surface area contributed by atoms with Crippen LogP contribution in [0.2, 0.25) is 0 Å². The molecule has 0 saturated carbocycles. The van der Waals surface area contributed by atoms with E-state index in [1.807, 2.05) is 18.1 Å². The van der Waals surface area contributed by atoms with Gasteiger partial charge in [-0.1, -0.05) is 58.7 Å². The van der Waals surface area contributed by atoms with Gasteiger partial charge in [-0.2, -0.15) is 0 Å². The number of hydrogen-bond donors (Lipinski definition) is 0. The molecule has 0 bridgehead atoms. The van der Waals surface area contributed by atoms with Gasteiger partial charge in [-0.15, -0.1) is 0 Å². The van der Waals surface area contributed by atoms with Crippen LogP contribution in [0.1, 0.15) is 56.8 Å². The molecule has 0 radical (unpaired) electrons. The lowest BCUT2D eigenvalue weighted by atomic mass is 9.77. The zero-order valence-electron chi connectivity index (χ0n) is 20.0. The number of nitrogens with zero attached hydrogens (tertiary/aromatic N) is 3. The lowest BCUT2D eigenvalue weighted by Crippen LogP contribution is -2.52. The summed E-state index contributed by atoms with van der Waals surface area (Å²) in [5.74, 6) is 0.415. The smallest absolute Gasteiger partial charge is 0.290 e. The van der Waals surface area contributed by atoms with Crippen LogP contribution in [-0.2, 0) is 17.4 Å². The SMILES string of the molecule is COC(c1cc(C)cc(C)c1)(c1cc(C)cc(C)c1)C1CCCN1C(=O)c1nccn1C. The molecule has 2 aromatic carbocycles. The summed E-state index contributed by atoms with van der Waals surface area (Å²) in [6.07, 6.45) is 5.29. The standard InChI is InChI=1S/C27H33N3O2/c1-18-12-19(2)15-22(14-18)27(32-6,23-16-20(3)13-21(4)17-23)24-8-7-10-30(24)26(31)25-28-9-11-29(25)5/h9,11-17,24H,7-8,10H2,1-6H3. The maximum atomic E-state index is 13.6. The lowest BCUT2D eigenvalue weighted by Gasteiger charge is -2.43. The van der Waals surface area contributed by atoms with Crippen LogP contribution < -0.4 is 0 Å². The first-order chi connectivity index (χ1) is 15.3. The molecule has 1 aromatic heterocycles. The molecule has 2 heterocycles. The van der Waals surface area contributed by atoms with Crippen LogP contribution in [-0.4, -0.2) is 40.1 Å². The number of ether oxygens (including phenoxy) is 1. The molecule has 1 fully saturated rings. The molecule has 4 rings (SSSR count). The van der Waals surface area contributed by atoms with Crippen LogP contribution >= 0.6 is 0 Å². The van der Waals surface area contributed by atoms with Crippen molar-refractivity contribution in [1.82, 2.24) is 14.5 Å². The number of benzene rings is 2. The Morgan fingerprint density at radius 2 is 1.50 bits per heavy atom. The van der Waals surface area contributed by atoms with E-state index >= 15 is 0 Å². The zero-order chi connectivity index (χ0) is 23.0. The van der Waals surface area contributed by atoms with E-state index in [0.29, 0.717) is 12.4 Å². The molecular formula is C27H33N3O2. The van der Waals surface area contributed by atoms with Crippen molar-refractivity contribution in [3.63, 3.8) is 0 Å². The summed E-state index contributed by atoms with van der Waals surface area (Å²) in [6, 6.07) is 13.0. The molecule has 1 aliphatic rings. The number of methoxy groups -OCH3 is 1. The molecule has 168 valence electrons. The van der Waals surface area contributed by atoms with Gasteiger partial charge in [-0.3, -0.25) is 4.79 Å². The van der Waals surface area contributed by atoms with Crippen molar-refractivity contribution in [2.75, 3.05) is 13.7 Å². The minimum Gasteiger partial charge on any atom is -0.367 e. The van der Waals surface area contributed by atoms with Crippen LogP contribution in [0.3, 0.4) is 0 Å². The van der Waals surface area contributed by atoms with Gasteiger partial charge < -0.3 is 14.2 Å². The van der Waals surface area contributed by atoms with Gasteiger partial charge in [0, 0.05) is 33.1 Å². The summed E-state index contributed by atoms with van der Waals surface area (Å²) in [6.45, 7) is 9.15. The highest BCUT2D eigenvalue weighted by Crippen LogP contribution is 2.44. The Kier molecular flexibility index (Phi) is 5.95. The molecule has 1 atom stereocenters. The van der Waals surface area contributed by atoms with Crippen LogP contribution in [0.25, 0.3) is 0 Å². The van der Waals surface area contributed by atoms with Crippen molar-refractivity contribution in [3.8, 4) is 0 Å². The number of likely N-dealkylation sites (tertiary alicyclic amines) is 1. The zero-order valence-corrected chi connectivity index (χ0v) is 20.0. The van der Waals surface area contributed by atoms with E-state index in [1.54, 1.807) is 17.9 Å². The second-order valence-corrected chi connectivity index (χ2v) is 9.21. The van der Waals surface area contributed by atoms with E-state index in [-0.39, 0.29) is 11.9 Å². The van der Waals surface area contributed by atoms with Crippen molar-refractivity contribution in [2.45, 2.75) is 52.2 Å². The number of imidazole rings is 1. The molecule has 32 heavy (non-hydrogen) atoms. The molecule has 1 unspecified atom stereocenters. The molecule has 0 spiro atoms. The van der Waals surface area contributed by atoms with Crippen molar-refractivity contribution in [1.29, 1.82) is 0 Å². The van der Waals surface area contributed by atoms with E-state index in [0.717, 1.165) is 24.0 Å². The number of rotatable bonds is 5. The van der Waals surface area contributed by atoms with Gasteiger partial charge in [0.1, 0.15) is 5.60 Å². The van der Waals surface area contributed by atoms with E-state index < -0.39 is 5.60 Å². The highest BCUT2D eigenvalue weighted by Gasteiger charge is 2.49. The summed E-state index contributed by atoms with van der Waals surface area (Å²) in [5, 5.41) is 0. The van der Waals surface area contributed by atoms with E-state index in [2.05, 4.69) is 69.1 Å². The monoisotopic (exact) mass is 431 g/mol. The maximum Gasteiger partial charge on any atom is 0.290 e. The number of hydrogen-bond acceptors (Lipinski definition) is 3. The third-order valence-electron chi connectivity index (χ3n) is 6.62. The second kappa shape index (κ2) is 8.55. The Hall–Kier alpha value is -2.92. The molecule has 0 N–H and O–H groups in total.